The van der Waals surface area contributed by atoms with Gasteiger partial charge in [0, 0.05) is 28.6 Å². The number of carbonyl (C=O) groups excluding carboxylic acids is 1. The van der Waals surface area contributed by atoms with Gasteiger partial charge in [0.25, 0.3) is 0 Å². The van der Waals surface area contributed by atoms with Crippen molar-refractivity contribution in [1.82, 2.24) is 5.32 Å². The van der Waals surface area contributed by atoms with E-state index in [4.69, 9.17) is 0 Å². The molecule has 3 fully saturated rings. The maximum atomic E-state index is 11.2. The van der Waals surface area contributed by atoms with Crippen molar-refractivity contribution in [3.05, 3.63) is 12.2 Å². The normalized spacial score (nSPS) is 40.1. The van der Waals surface area contributed by atoms with Gasteiger partial charge >= 0.3 is 0 Å². The minimum Gasteiger partial charge on any atom is -0.300 e. The second kappa shape index (κ2) is 3.10. The van der Waals surface area contributed by atoms with E-state index < -0.39 is 0 Å². The number of fused-ring (bicyclic) bond motifs is 3. The van der Waals surface area contributed by atoms with Gasteiger partial charge in [0.15, 0.2) is 0 Å². The van der Waals surface area contributed by atoms with Gasteiger partial charge in [-0.05, 0) is 25.2 Å². The number of halogens is 1. The van der Waals surface area contributed by atoms with E-state index >= 15 is 0 Å². The van der Waals surface area contributed by atoms with Gasteiger partial charge in [-0.15, -0.1) is 0 Å². The van der Waals surface area contributed by atoms with E-state index in [0.717, 1.165) is 6.42 Å². The average Bonchev–Trinajstić information content (AvgIpc) is 2.04. The summed E-state index contributed by atoms with van der Waals surface area (Å²) in [6, 6.07) is 0.522. The maximum absolute atomic E-state index is 11.2. The zero-order valence-electron chi connectivity index (χ0n) is 6.85. The van der Waals surface area contributed by atoms with Crippen LogP contribution in [0.4, 0.5) is 0 Å². The molecule has 0 amide bonds. The summed E-state index contributed by atoms with van der Waals surface area (Å²) in [5.41, 5.74) is 1.29. The zero-order valence-corrected chi connectivity index (χ0v) is 9.00. The van der Waals surface area contributed by atoms with Crippen molar-refractivity contribution in [3.8, 4) is 0 Å². The quantitative estimate of drug-likeness (QED) is 0.448. The molecule has 2 nitrogen and oxygen atoms in total. The van der Waals surface area contributed by atoms with E-state index in [1.165, 1.54) is 18.4 Å². The third-order valence-corrected chi connectivity index (χ3v) is 3.61. The van der Waals surface area contributed by atoms with Crippen molar-refractivity contribution in [2.24, 2.45) is 5.92 Å². The van der Waals surface area contributed by atoms with Gasteiger partial charge in [-0.3, -0.25) is 10.1 Å². The fourth-order valence-electron chi connectivity index (χ4n) is 2.26. The fourth-order valence-corrected chi connectivity index (χ4v) is 2.94. The summed E-state index contributed by atoms with van der Waals surface area (Å²) in [4.78, 5) is 11.2. The fraction of sp³-hybridized carbons (Fsp3) is 0.667. The summed E-state index contributed by atoms with van der Waals surface area (Å²) in [6.45, 7) is 4.01. The number of carbonyl (C=O) groups is 1. The number of rotatable bonds is 1. The van der Waals surface area contributed by atoms with E-state index in [9.17, 15) is 4.79 Å². The lowest BCUT2D eigenvalue weighted by Gasteiger charge is -2.43. The lowest BCUT2D eigenvalue weighted by atomic mass is 9.74. The number of piperidine rings is 2. The molecule has 0 radical (unpaired) electrons. The second-order valence-electron chi connectivity index (χ2n) is 3.70. The SMILES string of the molecule is C=C1C[C@H]2CC[C@@H]1N[C@@H]2C(=O)I. The molecule has 1 aliphatic carbocycles. The first kappa shape index (κ1) is 8.69. The van der Waals surface area contributed by atoms with Gasteiger partial charge < -0.3 is 0 Å². The largest absolute Gasteiger partial charge is 0.300 e. The van der Waals surface area contributed by atoms with E-state index in [0.29, 0.717) is 12.0 Å². The molecule has 12 heavy (non-hydrogen) atoms. The molecule has 0 aromatic carbocycles. The van der Waals surface area contributed by atoms with E-state index in [2.05, 4.69) is 11.9 Å². The highest BCUT2D eigenvalue weighted by Crippen LogP contribution is 2.36. The average molecular weight is 277 g/mol. The Balaban J connectivity index is 2.15. The molecule has 0 aromatic rings. The number of nitrogens with one attached hydrogen (secondary N) is 1. The summed E-state index contributed by atoms with van der Waals surface area (Å²) in [7, 11) is 0. The molecule has 2 aliphatic heterocycles. The highest BCUT2D eigenvalue weighted by atomic mass is 127. The zero-order chi connectivity index (χ0) is 8.72. The standard InChI is InChI=1S/C9H12INO/c1-5-4-6-2-3-7(5)11-8(6)9(10)12/h6-8,11H,1-4H2/t6-,7+,8+/m1/s1. The Kier molecular flexibility index (Phi) is 2.25. The van der Waals surface area contributed by atoms with Crippen molar-refractivity contribution in [3.63, 3.8) is 0 Å². The number of hydrogen-bond acceptors (Lipinski definition) is 2. The van der Waals surface area contributed by atoms with Crippen LogP contribution in [0, 0.1) is 5.92 Å². The van der Waals surface area contributed by atoms with Crippen molar-refractivity contribution in [2.75, 3.05) is 0 Å². The van der Waals surface area contributed by atoms with Gasteiger partial charge in [-0.1, -0.05) is 12.2 Å². The van der Waals surface area contributed by atoms with Gasteiger partial charge in [0.05, 0.1) is 6.04 Å². The van der Waals surface area contributed by atoms with Crippen LogP contribution in [-0.2, 0) is 4.79 Å². The maximum Gasteiger partial charge on any atom is 0.209 e. The third-order valence-electron chi connectivity index (χ3n) is 2.94. The van der Waals surface area contributed by atoms with E-state index in [1.54, 1.807) is 0 Å². The Hall–Kier alpha value is 0.100. The molecule has 0 aromatic heterocycles. The molecule has 3 aliphatic rings. The van der Waals surface area contributed by atoms with Gasteiger partial charge in [0.1, 0.15) is 0 Å². The predicted molar refractivity (Wildman–Crippen MR) is 56.2 cm³/mol. The van der Waals surface area contributed by atoms with Crippen LogP contribution in [0.2, 0.25) is 0 Å². The highest BCUT2D eigenvalue weighted by molar-refractivity contribution is 14.1. The Morgan fingerprint density at radius 3 is 2.75 bits per heavy atom. The van der Waals surface area contributed by atoms with Crippen molar-refractivity contribution < 1.29 is 4.79 Å². The lowest BCUT2D eigenvalue weighted by molar-refractivity contribution is -0.113. The molecule has 0 unspecified atom stereocenters. The summed E-state index contributed by atoms with van der Waals surface area (Å²) in [5, 5.41) is 3.35. The van der Waals surface area contributed by atoms with E-state index in [-0.39, 0.29) is 9.83 Å². The summed E-state index contributed by atoms with van der Waals surface area (Å²) in [6.07, 6.45) is 3.41. The summed E-state index contributed by atoms with van der Waals surface area (Å²) >= 11 is 1.90. The van der Waals surface area contributed by atoms with Gasteiger partial charge in [-0.2, -0.15) is 0 Å². The van der Waals surface area contributed by atoms with Crippen molar-refractivity contribution >= 4 is 26.4 Å². The lowest BCUT2D eigenvalue weighted by Crippen LogP contribution is -2.55. The molecule has 3 heteroatoms. The first-order valence-electron chi connectivity index (χ1n) is 4.31. The van der Waals surface area contributed by atoms with E-state index in [1.807, 2.05) is 22.6 Å². The van der Waals surface area contributed by atoms with Crippen LogP contribution in [-0.4, -0.2) is 15.9 Å². The molecule has 66 valence electrons. The predicted octanol–water partition coefficient (Wildman–Crippen LogP) is 1.64. The molecule has 2 bridgehead atoms. The Morgan fingerprint density at radius 2 is 2.33 bits per heavy atom. The topological polar surface area (TPSA) is 29.1 Å². The van der Waals surface area contributed by atoms with Crippen molar-refractivity contribution in [1.29, 1.82) is 0 Å². The Morgan fingerprint density at radius 1 is 1.58 bits per heavy atom. The van der Waals surface area contributed by atoms with Crippen LogP contribution in [0.5, 0.6) is 0 Å². The minimum atomic E-state index is 0.106. The summed E-state index contributed by atoms with van der Waals surface area (Å²) < 4.78 is 0.259. The van der Waals surface area contributed by atoms with Crippen LogP contribution in [0.1, 0.15) is 19.3 Å². The Bertz CT molecular complexity index is 239. The first-order chi connectivity index (χ1) is 5.68. The molecule has 1 saturated carbocycles. The number of hydrogen-bond donors (Lipinski definition) is 1. The Labute approximate surface area is 85.9 Å². The van der Waals surface area contributed by atoms with Crippen LogP contribution < -0.4 is 5.32 Å². The van der Waals surface area contributed by atoms with Crippen LogP contribution in [0.25, 0.3) is 0 Å². The molecular weight excluding hydrogens is 265 g/mol. The molecular formula is C9H12INO. The first-order valence-corrected chi connectivity index (χ1v) is 5.39. The summed E-state index contributed by atoms with van der Waals surface area (Å²) in [5.74, 6) is 0.520. The smallest absolute Gasteiger partial charge is 0.209 e. The highest BCUT2D eigenvalue weighted by Gasteiger charge is 2.39. The molecule has 3 rings (SSSR count). The van der Waals surface area contributed by atoms with Gasteiger partial charge in [0.2, 0.25) is 3.79 Å². The molecule has 0 spiro atoms. The van der Waals surface area contributed by atoms with Gasteiger partial charge in [-0.25, -0.2) is 0 Å². The van der Waals surface area contributed by atoms with Crippen LogP contribution in [0.3, 0.4) is 0 Å². The third kappa shape index (κ3) is 1.33. The van der Waals surface area contributed by atoms with Crippen LogP contribution >= 0.6 is 22.6 Å². The minimum absolute atomic E-state index is 0.106. The molecule has 2 saturated heterocycles. The molecule has 1 N–H and O–H groups in total. The molecule has 3 atom stereocenters. The van der Waals surface area contributed by atoms with Crippen LogP contribution in [0.15, 0.2) is 12.2 Å². The molecule has 2 heterocycles. The van der Waals surface area contributed by atoms with Crippen molar-refractivity contribution in [2.45, 2.75) is 31.3 Å². The second-order valence-corrected chi connectivity index (χ2v) is 4.76. The monoisotopic (exact) mass is 277 g/mol.